The van der Waals surface area contributed by atoms with E-state index < -0.39 is 0 Å². The molecular formula is C18H28N2O4. The number of nitrogens with zero attached hydrogens (tertiary/aromatic N) is 1. The van der Waals surface area contributed by atoms with Crippen LogP contribution in [0.5, 0.6) is 0 Å². The van der Waals surface area contributed by atoms with Crippen LogP contribution in [0, 0.1) is 5.92 Å². The van der Waals surface area contributed by atoms with Gasteiger partial charge >= 0.3 is 0 Å². The summed E-state index contributed by atoms with van der Waals surface area (Å²) in [5.41, 5.74) is 1.52. The predicted octanol–water partition coefficient (Wildman–Crippen LogP) is 2.74. The third-order valence-corrected chi connectivity index (χ3v) is 3.81. The van der Waals surface area contributed by atoms with Crippen molar-refractivity contribution in [2.45, 2.75) is 52.7 Å². The van der Waals surface area contributed by atoms with Gasteiger partial charge in [-0.3, -0.25) is 4.79 Å². The Balaban J connectivity index is 1.92. The quantitative estimate of drug-likeness (QED) is 0.775. The van der Waals surface area contributed by atoms with Gasteiger partial charge in [0.15, 0.2) is 5.69 Å². The van der Waals surface area contributed by atoms with Crippen LogP contribution in [0.3, 0.4) is 0 Å². The first-order valence-corrected chi connectivity index (χ1v) is 8.55. The van der Waals surface area contributed by atoms with E-state index in [4.69, 9.17) is 14.0 Å². The highest BCUT2D eigenvalue weighted by Crippen LogP contribution is 2.14. The molecule has 1 fully saturated rings. The van der Waals surface area contributed by atoms with Crippen molar-refractivity contribution >= 4 is 5.91 Å². The molecule has 1 aliphatic rings. The summed E-state index contributed by atoms with van der Waals surface area (Å²) in [6.45, 7) is 9.89. The number of carbonyl (C=O) groups excluding carboxylic acids is 1. The molecule has 0 bridgehead atoms. The van der Waals surface area contributed by atoms with Crippen LogP contribution in [-0.4, -0.2) is 43.0 Å². The molecule has 0 spiro atoms. The molecule has 6 heteroatoms. The molecule has 0 aromatic carbocycles. The van der Waals surface area contributed by atoms with Gasteiger partial charge in [0, 0.05) is 19.1 Å². The monoisotopic (exact) mass is 336 g/mol. The lowest BCUT2D eigenvalue weighted by Gasteiger charge is -2.31. The number of allylic oxidation sites excluding steroid dienone is 1. The largest absolute Gasteiger partial charge is 0.379 e. The summed E-state index contributed by atoms with van der Waals surface area (Å²) < 4.78 is 16.6. The van der Waals surface area contributed by atoms with Crippen LogP contribution in [-0.2, 0) is 15.9 Å². The van der Waals surface area contributed by atoms with Crippen LogP contribution in [0.4, 0.5) is 0 Å². The SMILES string of the molecule is CC(C)=CCO[C@H]1CCOC[C@H]1NC(=O)c1cc(CC(C)C)on1. The molecule has 2 atom stereocenters. The Kier molecular flexibility index (Phi) is 6.99. The minimum absolute atomic E-state index is 0.0552. The lowest BCUT2D eigenvalue weighted by Crippen LogP contribution is -2.50. The zero-order valence-corrected chi connectivity index (χ0v) is 15.0. The van der Waals surface area contributed by atoms with Gasteiger partial charge in [-0.1, -0.05) is 30.7 Å². The molecule has 1 amide bonds. The number of ether oxygens (including phenoxy) is 2. The molecule has 1 aromatic rings. The van der Waals surface area contributed by atoms with Gasteiger partial charge in [-0.2, -0.15) is 0 Å². The average molecular weight is 336 g/mol. The summed E-state index contributed by atoms with van der Waals surface area (Å²) in [5.74, 6) is 0.930. The highest BCUT2D eigenvalue weighted by atomic mass is 16.5. The van der Waals surface area contributed by atoms with Crippen LogP contribution in [0.2, 0.25) is 0 Å². The Labute approximate surface area is 143 Å². The third-order valence-electron chi connectivity index (χ3n) is 3.81. The first-order chi connectivity index (χ1) is 11.5. The van der Waals surface area contributed by atoms with Crippen molar-refractivity contribution in [3.05, 3.63) is 29.2 Å². The average Bonchev–Trinajstić information content (AvgIpc) is 2.96. The summed E-state index contributed by atoms with van der Waals surface area (Å²) in [6.07, 6.45) is 3.50. The second-order valence-electron chi connectivity index (χ2n) is 6.87. The maximum absolute atomic E-state index is 12.4. The number of carbonyl (C=O) groups is 1. The highest BCUT2D eigenvalue weighted by Gasteiger charge is 2.29. The van der Waals surface area contributed by atoms with Crippen LogP contribution in [0.25, 0.3) is 0 Å². The second kappa shape index (κ2) is 8.99. The molecule has 1 N–H and O–H groups in total. The summed E-state index contributed by atoms with van der Waals surface area (Å²) in [6, 6.07) is 1.53. The maximum atomic E-state index is 12.4. The molecule has 0 unspecified atom stereocenters. The van der Waals surface area contributed by atoms with E-state index in [0.29, 0.717) is 31.4 Å². The first-order valence-electron chi connectivity index (χ1n) is 8.55. The Bertz CT molecular complexity index is 561. The molecule has 0 saturated carbocycles. The normalized spacial score (nSPS) is 20.9. The van der Waals surface area contributed by atoms with E-state index in [1.54, 1.807) is 6.07 Å². The van der Waals surface area contributed by atoms with Crippen molar-refractivity contribution in [2.75, 3.05) is 19.8 Å². The molecule has 0 radical (unpaired) electrons. The van der Waals surface area contributed by atoms with Crippen molar-refractivity contribution in [1.82, 2.24) is 10.5 Å². The summed E-state index contributed by atoms with van der Waals surface area (Å²) in [4.78, 5) is 12.4. The molecule has 2 rings (SSSR count). The second-order valence-corrected chi connectivity index (χ2v) is 6.87. The molecule has 24 heavy (non-hydrogen) atoms. The molecule has 1 aliphatic heterocycles. The molecule has 0 aliphatic carbocycles. The number of hydrogen-bond donors (Lipinski definition) is 1. The molecule has 1 aromatic heterocycles. The molecule has 134 valence electrons. The van der Waals surface area contributed by atoms with Crippen molar-refractivity contribution in [3.8, 4) is 0 Å². The minimum atomic E-state index is -0.250. The van der Waals surface area contributed by atoms with Gasteiger partial charge in [-0.25, -0.2) is 0 Å². The lowest BCUT2D eigenvalue weighted by molar-refractivity contribution is -0.0458. The Morgan fingerprint density at radius 3 is 3.00 bits per heavy atom. The predicted molar refractivity (Wildman–Crippen MR) is 90.9 cm³/mol. The van der Waals surface area contributed by atoms with E-state index in [9.17, 15) is 4.79 Å². The summed E-state index contributed by atoms with van der Waals surface area (Å²) in [7, 11) is 0. The van der Waals surface area contributed by atoms with Crippen molar-refractivity contribution in [1.29, 1.82) is 0 Å². The smallest absolute Gasteiger partial charge is 0.273 e. The van der Waals surface area contributed by atoms with Crippen molar-refractivity contribution in [2.24, 2.45) is 5.92 Å². The minimum Gasteiger partial charge on any atom is -0.379 e. The van der Waals surface area contributed by atoms with Crippen LogP contribution < -0.4 is 5.32 Å². The van der Waals surface area contributed by atoms with E-state index in [1.807, 2.05) is 19.9 Å². The summed E-state index contributed by atoms with van der Waals surface area (Å²) >= 11 is 0. The van der Waals surface area contributed by atoms with Gasteiger partial charge in [0.2, 0.25) is 0 Å². The van der Waals surface area contributed by atoms with E-state index >= 15 is 0 Å². The van der Waals surface area contributed by atoms with Crippen LogP contribution in [0.1, 0.15) is 50.4 Å². The van der Waals surface area contributed by atoms with E-state index in [1.165, 1.54) is 5.57 Å². The zero-order valence-electron chi connectivity index (χ0n) is 15.0. The lowest BCUT2D eigenvalue weighted by atomic mass is 10.1. The standard InChI is InChI=1S/C18H28N2O4/c1-12(2)5-8-23-17-6-7-22-11-16(17)19-18(21)15-10-14(24-20-15)9-13(3)4/h5,10,13,16-17H,6-9,11H2,1-4H3,(H,19,21)/t16-,17+/m1/s1. The number of hydrogen-bond acceptors (Lipinski definition) is 5. The van der Waals surface area contributed by atoms with Gasteiger partial charge in [-0.05, 0) is 26.2 Å². The van der Waals surface area contributed by atoms with Gasteiger partial charge in [-0.15, -0.1) is 0 Å². The van der Waals surface area contributed by atoms with E-state index in [0.717, 1.165) is 18.6 Å². The van der Waals surface area contributed by atoms with Gasteiger partial charge in [0.25, 0.3) is 5.91 Å². The Hall–Kier alpha value is -1.66. The molecule has 1 saturated heterocycles. The van der Waals surface area contributed by atoms with Gasteiger partial charge in [0.1, 0.15) is 5.76 Å². The highest BCUT2D eigenvalue weighted by molar-refractivity contribution is 5.92. The van der Waals surface area contributed by atoms with Gasteiger partial charge in [0.05, 0.1) is 25.4 Å². The van der Waals surface area contributed by atoms with Gasteiger partial charge < -0.3 is 19.3 Å². The number of amides is 1. The summed E-state index contributed by atoms with van der Waals surface area (Å²) in [5, 5.41) is 6.82. The number of nitrogens with one attached hydrogen (secondary N) is 1. The Morgan fingerprint density at radius 2 is 2.29 bits per heavy atom. The molecule has 2 heterocycles. The zero-order chi connectivity index (χ0) is 17.5. The number of rotatable bonds is 7. The fourth-order valence-corrected chi connectivity index (χ4v) is 2.55. The molecule has 6 nitrogen and oxygen atoms in total. The fraction of sp³-hybridized carbons (Fsp3) is 0.667. The van der Waals surface area contributed by atoms with Crippen molar-refractivity contribution < 1.29 is 18.8 Å². The Morgan fingerprint density at radius 1 is 1.50 bits per heavy atom. The maximum Gasteiger partial charge on any atom is 0.273 e. The fourth-order valence-electron chi connectivity index (χ4n) is 2.55. The van der Waals surface area contributed by atoms with Crippen molar-refractivity contribution in [3.63, 3.8) is 0 Å². The third kappa shape index (κ3) is 5.76. The number of aromatic nitrogens is 1. The van der Waals surface area contributed by atoms with E-state index in [2.05, 4.69) is 24.3 Å². The van der Waals surface area contributed by atoms with Crippen LogP contribution >= 0.6 is 0 Å². The molecular weight excluding hydrogens is 308 g/mol. The van der Waals surface area contributed by atoms with Crippen LogP contribution in [0.15, 0.2) is 22.2 Å². The van der Waals surface area contributed by atoms with E-state index in [-0.39, 0.29) is 18.1 Å². The topological polar surface area (TPSA) is 73.6 Å². The first kappa shape index (κ1) is 18.7.